The molecule has 1 saturated heterocycles. The molecule has 1 amide bonds. The van der Waals surface area contributed by atoms with Gasteiger partial charge >= 0.3 is 5.97 Å². The molecular formula is C14H17ClN2O3. The molecule has 0 radical (unpaired) electrons. The third-order valence-corrected chi connectivity index (χ3v) is 4.29. The van der Waals surface area contributed by atoms with Crippen molar-refractivity contribution >= 4 is 23.5 Å². The van der Waals surface area contributed by atoms with Crippen LogP contribution in [0.1, 0.15) is 30.8 Å². The first-order chi connectivity index (χ1) is 9.36. The summed E-state index contributed by atoms with van der Waals surface area (Å²) in [5.74, 6) is -1.12. The van der Waals surface area contributed by atoms with Gasteiger partial charge in [-0.2, -0.15) is 0 Å². The number of hydrogen-bond acceptors (Lipinski definition) is 3. The topological polar surface area (TPSA) is 70.5 Å². The molecular weight excluding hydrogens is 280 g/mol. The van der Waals surface area contributed by atoms with E-state index in [1.54, 1.807) is 17.0 Å². The summed E-state index contributed by atoms with van der Waals surface area (Å²) in [5.41, 5.74) is -0.568. The van der Waals surface area contributed by atoms with Gasteiger partial charge in [0, 0.05) is 19.3 Å². The third kappa shape index (κ3) is 2.50. The van der Waals surface area contributed by atoms with Crippen molar-refractivity contribution in [3.8, 4) is 0 Å². The summed E-state index contributed by atoms with van der Waals surface area (Å²) in [6.07, 6.45) is 1.89. The lowest BCUT2D eigenvalue weighted by atomic mass is 9.76. The number of carbonyl (C=O) groups excluding carboxylic acids is 1. The van der Waals surface area contributed by atoms with Gasteiger partial charge in [0.25, 0.3) is 5.91 Å². The van der Waals surface area contributed by atoms with Crippen molar-refractivity contribution in [2.45, 2.75) is 20.3 Å². The number of aliphatic carboxylic acids is 1. The number of hydrogen-bond donors (Lipinski definition) is 1. The number of pyridine rings is 1. The Bertz CT molecular complexity index is 530. The monoisotopic (exact) mass is 296 g/mol. The molecule has 6 heteroatoms. The van der Waals surface area contributed by atoms with Gasteiger partial charge in [0.05, 0.1) is 10.4 Å². The molecule has 1 unspecified atom stereocenters. The van der Waals surface area contributed by atoms with E-state index in [-0.39, 0.29) is 18.4 Å². The molecule has 0 aliphatic carbocycles. The van der Waals surface area contributed by atoms with Crippen LogP contribution in [-0.2, 0) is 4.79 Å². The predicted molar refractivity (Wildman–Crippen MR) is 74.7 cm³/mol. The molecule has 1 fully saturated rings. The van der Waals surface area contributed by atoms with E-state index in [2.05, 4.69) is 4.98 Å². The highest BCUT2D eigenvalue weighted by Crippen LogP contribution is 2.38. The second-order valence-corrected chi connectivity index (χ2v) is 5.89. The number of carbonyl (C=O) groups is 2. The van der Waals surface area contributed by atoms with Gasteiger partial charge in [0.2, 0.25) is 0 Å². The van der Waals surface area contributed by atoms with Crippen LogP contribution < -0.4 is 0 Å². The summed E-state index contributed by atoms with van der Waals surface area (Å²) in [4.78, 5) is 29.4. The van der Waals surface area contributed by atoms with Crippen LogP contribution in [0.3, 0.4) is 0 Å². The fourth-order valence-electron chi connectivity index (χ4n) is 2.56. The van der Waals surface area contributed by atoms with Crippen LogP contribution in [0.15, 0.2) is 18.3 Å². The Kier molecular flexibility index (Phi) is 3.99. The molecule has 20 heavy (non-hydrogen) atoms. The van der Waals surface area contributed by atoms with Crippen LogP contribution >= 0.6 is 11.6 Å². The highest BCUT2D eigenvalue weighted by atomic mass is 35.5. The molecule has 1 aromatic rings. The van der Waals surface area contributed by atoms with E-state index in [4.69, 9.17) is 11.6 Å². The Balaban J connectivity index is 2.18. The lowest BCUT2D eigenvalue weighted by Crippen LogP contribution is -2.40. The van der Waals surface area contributed by atoms with Crippen LogP contribution in [0.25, 0.3) is 0 Å². The van der Waals surface area contributed by atoms with Crippen molar-refractivity contribution in [2.75, 3.05) is 13.1 Å². The maximum Gasteiger partial charge on any atom is 0.311 e. The van der Waals surface area contributed by atoms with Crippen molar-refractivity contribution < 1.29 is 14.7 Å². The van der Waals surface area contributed by atoms with Gasteiger partial charge < -0.3 is 10.0 Å². The number of carboxylic acid groups (broad SMARTS) is 1. The zero-order valence-corrected chi connectivity index (χ0v) is 12.2. The van der Waals surface area contributed by atoms with Gasteiger partial charge in [-0.25, -0.2) is 4.98 Å². The highest BCUT2D eigenvalue weighted by molar-refractivity contribution is 6.30. The average molecular weight is 297 g/mol. The first-order valence-corrected chi connectivity index (χ1v) is 6.89. The number of likely N-dealkylation sites (tertiary alicyclic amines) is 1. The maximum atomic E-state index is 12.3. The lowest BCUT2D eigenvalue weighted by molar-refractivity contribution is -0.150. The molecule has 108 valence electrons. The second kappa shape index (κ2) is 5.40. The summed E-state index contributed by atoms with van der Waals surface area (Å²) in [6.45, 7) is 4.42. The van der Waals surface area contributed by atoms with Crippen LogP contribution in [0.2, 0.25) is 5.02 Å². The molecule has 5 nitrogen and oxygen atoms in total. The van der Waals surface area contributed by atoms with E-state index in [0.717, 1.165) is 0 Å². The minimum atomic E-state index is -0.859. The van der Waals surface area contributed by atoms with E-state index < -0.39 is 11.4 Å². The zero-order valence-electron chi connectivity index (χ0n) is 11.5. The standard InChI is InChI=1S/C14H17ClN2O3/c1-9(2)14(13(19)20)5-6-17(8-14)12(18)11-4-3-10(15)7-16-11/h3-4,7,9H,5-6,8H2,1-2H3,(H,19,20). The van der Waals surface area contributed by atoms with Crippen LogP contribution in [-0.4, -0.2) is 40.0 Å². The molecule has 1 aliphatic heterocycles. The molecule has 1 aromatic heterocycles. The van der Waals surface area contributed by atoms with Crippen LogP contribution in [0.4, 0.5) is 0 Å². The van der Waals surface area contributed by atoms with Gasteiger partial charge in [0.15, 0.2) is 0 Å². The largest absolute Gasteiger partial charge is 0.481 e. The maximum absolute atomic E-state index is 12.3. The minimum Gasteiger partial charge on any atom is -0.481 e. The number of nitrogens with zero attached hydrogens (tertiary/aromatic N) is 2. The van der Waals surface area contributed by atoms with Gasteiger partial charge in [-0.15, -0.1) is 0 Å². The summed E-state index contributed by atoms with van der Waals surface area (Å²) in [5, 5.41) is 9.93. The Hall–Kier alpha value is -1.62. The number of aromatic nitrogens is 1. The normalized spacial score (nSPS) is 22.3. The summed E-state index contributed by atoms with van der Waals surface area (Å²) >= 11 is 5.74. The number of halogens is 1. The molecule has 0 saturated carbocycles. The Morgan fingerprint density at radius 3 is 2.60 bits per heavy atom. The first-order valence-electron chi connectivity index (χ1n) is 6.51. The predicted octanol–water partition coefficient (Wildman–Crippen LogP) is 2.31. The summed E-state index contributed by atoms with van der Waals surface area (Å²) in [6, 6.07) is 3.16. The number of amides is 1. The molecule has 1 N–H and O–H groups in total. The molecule has 2 heterocycles. The lowest BCUT2D eigenvalue weighted by Gasteiger charge is -2.28. The van der Waals surface area contributed by atoms with E-state index in [1.807, 2.05) is 13.8 Å². The van der Waals surface area contributed by atoms with Crippen molar-refractivity contribution in [2.24, 2.45) is 11.3 Å². The Morgan fingerprint density at radius 1 is 1.45 bits per heavy atom. The molecule has 1 aliphatic rings. The number of carboxylic acids is 1. The van der Waals surface area contributed by atoms with Crippen molar-refractivity contribution in [3.63, 3.8) is 0 Å². The Morgan fingerprint density at radius 2 is 2.15 bits per heavy atom. The quantitative estimate of drug-likeness (QED) is 0.929. The van der Waals surface area contributed by atoms with Gasteiger partial charge in [-0.1, -0.05) is 25.4 Å². The molecule has 2 rings (SSSR count). The fourth-order valence-corrected chi connectivity index (χ4v) is 2.68. The fraction of sp³-hybridized carbons (Fsp3) is 0.500. The smallest absolute Gasteiger partial charge is 0.311 e. The van der Waals surface area contributed by atoms with Gasteiger partial charge in [-0.3, -0.25) is 9.59 Å². The first kappa shape index (κ1) is 14.8. The highest BCUT2D eigenvalue weighted by Gasteiger charge is 2.48. The SMILES string of the molecule is CC(C)C1(C(=O)O)CCN(C(=O)c2ccc(Cl)cn2)C1. The summed E-state index contributed by atoms with van der Waals surface area (Å²) in [7, 11) is 0. The van der Waals surface area contributed by atoms with Crippen LogP contribution in [0, 0.1) is 11.3 Å². The van der Waals surface area contributed by atoms with Crippen molar-refractivity contribution in [1.82, 2.24) is 9.88 Å². The zero-order chi connectivity index (χ0) is 14.9. The van der Waals surface area contributed by atoms with Crippen molar-refractivity contribution in [1.29, 1.82) is 0 Å². The second-order valence-electron chi connectivity index (χ2n) is 5.45. The van der Waals surface area contributed by atoms with Gasteiger partial charge in [0.1, 0.15) is 5.69 Å². The van der Waals surface area contributed by atoms with Crippen molar-refractivity contribution in [3.05, 3.63) is 29.0 Å². The Labute approximate surface area is 122 Å². The average Bonchev–Trinajstić information content (AvgIpc) is 2.85. The summed E-state index contributed by atoms with van der Waals surface area (Å²) < 4.78 is 0. The van der Waals surface area contributed by atoms with E-state index in [9.17, 15) is 14.7 Å². The third-order valence-electron chi connectivity index (χ3n) is 4.07. The minimum absolute atomic E-state index is 0.0315. The molecule has 0 aromatic carbocycles. The molecule has 0 spiro atoms. The van der Waals surface area contributed by atoms with E-state index in [1.165, 1.54) is 6.20 Å². The van der Waals surface area contributed by atoms with E-state index >= 15 is 0 Å². The molecule has 1 atom stereocenters. The molecule has 0 bridgehead atoms. The van der Waals surface area contributed by atoms with Crippen LogP contribution in [0.5, 0.6) is 0 Å². The van der Waals surface area contributed by atoms with E-state index in [0.29, 0.717) is 23.7 Å². The number of rotatable bonds is 3. The van der Waals surface area contributed by atoms with Gasteiger partial charge in [-0.05, 0) is 24.5 Å².